The van der Waals surface area contributed by atoms with E-state index in [0.29, 0.717) is 54.8 Å². The third-order valence-electron chi connectivity index (χ3n) is 8.94. The molecule has 0 spiro atoms. The molecule has 2 aromatic carbocycles. The predicted octanol–water partition coefficient (Wildman–Crippen LogP) is 5.31. The van der Waals surface area contributed by atoms with Crippen LogP contribution in [0.3, 0.4) is 0 Å². The molecule has 0 atom stereocenters. The van der Waals surface area contributed by atoms with Gasteiger partial charge in [0.25, 0.3) is 0 Å². The number of hydrogen-bond acceptors (Lipinski definition) is 8. The van der Waals surface area contributed by atoms with Crippen molar-refractivity contribution in [3.63, 3.8) is 0 Å². The molecule has 12 heteroatoms. The van der Waals surface area contributed by atoms with Crippen molar-refractivity contribution < 1.29 is 22.7 Å². The third kappa shape index (κ3) is 5.49. The summed E-state index contributed by atoms with van der Waals surface area (Å²) < 4.78 is 57.4. The lowest BCUT2D eigenvalue weighted by molar-refractivity contribution is 0.182. The molecule has 44 heavy (non-hydrogen) atoms. The molecule has 2 aromatic heterocycles. The third-order valence-corrected chi connectivity index (χ3v) is 8.94. The summed E-state index contributed by atoms with van der Waals surface area (Å²) in [4.78, 5) is 23.2. The second-order valence-electron chi connectivity index (χ2n) is 11.4. The Balaban J connectivity index is 1.48. The molecule has 0 radical (unpaired) electrons. The lowest BCUT2D eigenvalue weighted by Crippen LogP contribution is -2.60. The van der Waals surface area contributed by atoms with Gasteiger partial charge in [-0.05, 0) is 43.1 Å². The highest BCUT2D eigenvalue weighted by Crippen LogP contribution is 2.40. The van der Waals surface area contributed by atoms with Crippen molar-refractivity contribution in [1.82, 2.24) is 24.8 Å². The average Bonchev–Trinajstić information content (AvgIpc) is 3.02. The molecular formula is C32H37F4N7O. The first-order chi connectivity index (χ1) is 21.4. The molecule has 6 rings (SSSR count). The number of anilines is 2. The number of piperazine rings is 1. The first-order valence-electron chi connectivity index (χ1n) is 15.3. The molecule has 4 heterocycles. The highest BCUT2D eigenvalue weighted by Gasteiger charge is 2.34. The second kappa shape index (κ2) is 12.7. The summed E-state index contributed by atoms with van der Waals surface area (Å²) in [5, 5.41) is 11.2. The number of likely N-dealkylation sites (N-methyl/N-ethyl adjacent to an activating group) is 1. The van der Waals surface area contributed by atoms with Crippen LogP contribution in [0.4, 0.5) is 29.3 Å². The van der Waals surface area contributed by atoms with Gasteiger partial charge in [-0.15, -0.1) is 0 Å². The number of fused-ring (bicyclic) bond motifs is 2. The van der Waals surface area contributed by atoms with Crippen molar-refractivity contribution in [2.45, 2.75) is 33.0 Å². The zero-order chi connectivity index (χ0) is 31.0. The van der Waals surface area contributed by atoms with Crippen molar-refractivity contribution in [2.75, 3.05) is 75.4 Å². The first kappa shape index (κ1) is 30.3. The number of hydrogen-bond donors (Lipinski definition) is 1. The van der Waals surface area contributed by atoms with Crippen molar-refractivity contribution in [3.8, 4) is 17.0 Å². The normalized spacial score (nSPS) is 16.4. The van der Waals surface area contributed by atoms with Gasteiger partial charge in [-0.2, -0.15) is 4.98 Å². The fraction of sp³-hybridized carbons (Fsp3) is 0.469. The Morgan fingerprint density at radius 3 is 2.41 bits per heavy atom. The number of aromatic nitrogens is 3. The minimum atomic E-state index is -1.10. The molecule has 2 saturated heterocycles. The van der Waals surface area contributed by atoms with Crippen LogP contribution in [0.15, 0.2) is 30.5 Å². The minimum absolute atomic E-state index is 0.0836. The van der Waals surface area contributed by atoms with Crippen LogP contribution < -0.4 is 9.80 Å². The number of nitrogens with zero attached hydrogens (tertiary/aromatic N) is 7. The van der Waals surface area contributed by atoms with E-state index in [-0.39, 0.29) is 40.0 Å². The Bertz CT molecular complexity index is 1650. The van der Waals surface area contributed by atoms with Crippen LogP contribution in [-0.4, -0.2) is 101 Å². The minimum Gasteiger partial charge on any atom is -0.508 e. The Morgan fingerprint density at radius 1 is 0.977 bits per heavy atom. The van der Waals surface area contributed by atoms with E-state index in [2.05, 4.69) is 38.4 Å². The smallest absolute Gasteiger partial charge is 0.228 e. The highest BCUT2D eigenvalue weighted by molar-refractivity contribution is 6.02. The fourth-order valence-electron chi connectivity index (χ4n) is 6.48. The molecule has 2 aliphatic rings. The Kier molecular flexibility index (Phi) is 8.73. The summed E-state index contributed by atoms with van der Waals surface area (Å²) in [7, 11) is 0. The van der Waals surface area contributed by atoms with Crippen LogP contribution in [0.1, 0.15) is 25.8 Å². The number of alkyl halides is 2. The average molecular weight is 612 g/mol. The van der Waals surface area contributed by atoms with Crippen LogP contribution in [0.5, 0.6) is 5.75 Å². The number of benzene rings is 2. The molecule has 2 aliphatic heterocycles. The molecule has 1 N–H and O–H groups in total. The van der Waals surface area contributed by atoms with E-state index in [4.69, 9.17) is 9.97 Å². The SMILES string of the molecule is CCN(CC)C1CN(c2nc(N3CCN(CCCF)CC3)c3cnc(-c4cc(O)cc5ccc(F)c(F)c45)c(CF)c3n2)C1. The number of aromatic hydroxyl groups is 1. The Labute approximate surface area is 253 Å². The van der Waals surface area contributed by atoms with Gasteiger partial charge in [-0.25, -0.2) is 18.2 Å². The maximum absolute atomic E-state index is 15.2. The quantitative estimate of drug-likeness (QED) is 0.242. The standard InChI is InChI=1S/C32H37F4N7O/c1-3-41(4-2)21-18-43(19-21)32-38-30-24(16-34)29(23-15-22(44)14-20-6-7-26(35)28(36)27(20)23)37-17-25(30)31(39-32)42-12-10-40(11-13-42)9-5-8-33/h6-7,14-15,17,21,44H,3-5,8-13,16,18-19H2,1-2H3. The summed E-state index contributed by atoms with van der Waals surface area (Å²) in [6, 6.07) is 5.33. The maximum Gasteiger partial charge on any atom is 0.228 e. The van der Waals surface area contributed by atoms with E-state index in [1.165, 1.54) is 18.2 Å². The summed E-state index contributed by atoms with van der Waals surface area (Å²) in [6.45, 7) is 9.71. The molecule has 234 valence electrons. The number of halogens is 4. The van der Waals surface area contributed by atoms with Gasteiger partial charge < -0.3 is 14.9 Å². The van der Waals surface area contributed by atoms with E-state index in [1.807, 2.05) is 0 Å². The first-order valence-corrected chi connectivity index (χ1v) is 15.3. The monoisotopic (exact) mass is 611 g/mol. The molecule has 2 fully saturated rings. The fourth-order valence-corrected chi connectivity index (χ4v) is 6.48. The van der Waals surface area contributed by atoms with Crippen LogP contribution in [0, 0.1) is 11.6 Å². The zero-order valence-electron chi connectivity index (χ0n) is 25.0. The molecule has 4 aromatic rings. The van der Waals surface area contributed by atoms with Crippen molar-refractivity contribution >= 4 is 33.4 Å². The molecule has 0 unspecified atom stereocenters. The van der Waals surface area contributed by atoms with Gasteiger partial charge in [-0.1, -0.05) is 19.9 Å². The zero-order valence-corrected chi connectivity index (χ0v) is 25.0. The van der Waals surface area contributed by atoms with Gasteiger partial charge in [0, 0.05) is 74.6 Å². The van der Waals surface area contributed by atoms with Crippen LogP contribution in [0.25, 0.3) is 32.9 Å². The molecular weight excluding hydrogens is 574 g/mol. The summed E-state index contributed by atoms with van der Waals surface area (Å²) in [5.41, 5.74) is 0.629. The Morgan fingerprint density at radius 2 is 1.73 bits per heavy atom. The molecule has 0 bridgehead atoms. The van der Waals surface area contributed by atoms with E-state index in [9.17, 15) is 13.9 Å². The number of rotatable bonds is 10. The molecule has 0 amide bonds. The molecule has 0 aliphatic carbocycles. The van der Waals surface area contributed by atoms with E-state index in [0.717, 1.165) is 45.3 Å². The maximum atomic E-state index is 15.2. The van der Waals surface area contributed by atoms with Crippen LogP contribution in [-0.2, 0) is 6.67 Å². The summed E-state index contributed by atoms with van der Waals surface area (Å²) in [5.74, 6) is -1.22. The van der Waals surface area contributed by atoms with E-state index in [1.54, 1.807) is 6.20 Å². The van der Waals surface area contributed by atoms with Crippen molar-refractivity contribution in [2.24, 2.45) is 0 Å². The highest BCUT2D eigenvalue weighted by atomic mass is 19.2. The topological polar surface area (TPSA) is 71.9 Å². The molecule has 8 nitrogen and oxygen atoms in total. The van der Waals surface area contributed by atoms with Crippen molar-refractivity contribution in [3.05, 3.63) is 47.7 Å². The number of phenols is 1. The summed E-state index contributed by atoms with van der Waals surface area (Å²) in [6.07, 6.45) is 2.05. The van der Waals surface area contributed by atoms with Gasteiger partial charge in [0.1, 0.15) is 18.2 Å². The van der Waals surface area contributed by atoms with E-state index >= 15 is 8.78 Å². The van der Waals surface area contributed by atoms with Crippen LogP contribution >= 0.6 is 0 Å². The van der Waals surface area contributed by atoms with Gasteiger partial charge in [0.15, 0.2) is 11.6 Å². The van der Waals surface area contributed by atoms with Gasteiger partial charge in [0.05, 0.1) is 23.3 Å². The van der Waals surface area contributed by atoms with Gasteiger partial charge in [-0.3, -0.25) is 19.2 Å². The predicted molar refractivity (Wildman–Crippen MR) is 165 cm³/mol. The largest absolute Gasteiger partial charge is 0.508 e. The van der Waals surface area contributed by atoms with Gasteiger partial charge in [0.2, 0.25) is 5.95 Å². The second-order valence-corrected chi connectivity index (χ2v) is 11.4. The van der Waals surface area contributed by atoms with Crippen molar-refractivity contribution in [1.29, 1.82) is 0 Å². The molecule has 0 saturated carbocycles. The summed E-state index contributed by atoms with van der Waals surface area (Å²) >= 11 is 0. The van der Waals surface area contributed by atoms with Gasteiger partial charge >= 0.3 is 0 Å². The Hall–Kier alpha value is -3.77. The number of phenolic OH excluding ortho intramolecular Hbond substituents is 1. The number of pyridine rings is 1. The lowest BCUT2D eigenvalue weighted by Gasteiger charge is -2.45. The lowest BCUT2D eigenvalue weighted by atomic mass is 9.97. The van der Waals surface area contributed by atoms with Crippen LogP contribution in [0.2, 0.25) is 0 Å². The van der Waals surface area contributed by atoms with E-state index < -0.39 is 18.3 Å².